The van der Waals surface area contributed by atoms with Crippen LogP contribution in [-0.4, -0.2) is 16.5 Å². The number of hydrogen-bond donors (Lipinski definition) is 2. The van der Waals surface area contributed by atoms with Crippen LogP contribution in [0, 0.1) is 0 Å². The van der Waals surface area contributed by atoms with E-state index in [9.17, 15) is 5.11 Å². The topological polar surface area (TPSA) is 46.2 Å². The van der Waals surface area contributed by atoms with Crippen molar-refractivity contribution in [2.45, 2.75) is 49.5 Å². The lowest BCUT2D eigenvalue weighted by Crippen LogP contribution is -2.16. The molecule has 0 spiro atoms. The summed E-state index contributed by atoms with van der Waals surface area (Å²) in [6.07, 6.45) is 0.622. The zero-order valence-corrected chi connectivity index (χ0v) is 11.0. The monoisotopic (exact) mass is 239 g/mol. The van der Waals surface area contributed by atoms with Gasteiger partial charge in [-0.1, -0.05) is 32.0 Å². The summed E-state index contributed by atoms with van der Waals surface area (Å²) in [5.41, 5.74) is 7.25. The quantitative estimate of drug-likeness (QED) is 0.777. The summed E-state index contributed by atoms with van der Waals surface area (Å²) in [5.74, 6) is 0. The van der Waals surface area contributed by atoms with Gasteiger partial charge in [-0.25, -0.2) is 0 Å². The Labute approximate surface area is 102 Å². The van der Waals surface area contributed by atoms with Crippen molar-refractivity contribution in [2.24, 2.45) is 5.73 Å². The molecule has 0 bridgehead atoms. The van der Waals surface area contributed by atoms with E-state index < -0.39 is 0 Å². The molecule has 3 N–H and O–H groups in total. The first-order valence-corrected chi connectivity index (χ1v) is 6.63. The molecule has 0 aliphatic carbocycles. The van der Waals surface area contributed by atoms with Crippen molar-refractivity contribution in [3.63, 3.8) is 0 Å². The number of hydrogen-bond acceptors (Lipinski definition) is 3. The highest BCUT2D eigenvalue weighted by Gasteiger charge is 2.14. The van der Waals surface area contributed by atoms with Gasteiger partial charge in [0.2, 0.25) is 0 Å². The first kappa shape index (κ1) is 13.6. The SMILES string of the molecule is CC[C@H](N)c1ccccc1SC(C)C(C)O. The molecule has 0 aliphatic rings. The minimum atomic E-state index is -0.309. The molecule has 0 heterocycles. The van der Waals surface area contributed by atoms with E-state index in [-0.39, 0.29) is 17.4 Å². The minimum Gasteiger partial charge on any atom is -0.392 e. The molecule has 3 heteroatoms. The van der Waals surface area contributed by atoms with Crippen LogP contribution in [0.25, 0.3) is 0 Å². The van der Waals surface area contributed by atoms with Crippen LogP contribution in [0.5, 0.6) is 0 Å². The Bertz CT molecular complexity index is 327. The van der Waals surface area contributed by atoms with Gasteiger partial charge in [0.05, 0.1) is 6.10 Å². The molecule has 1 aromatic carbocycles. The van der Waals surface area contributed by atoms with Gasteiger partial charge in [0.1, 0.15) is 0 Å². The van der Waals surface area contributed by atoms with E-state index in [0.717, 1.165) is 6.42 Å². The molecule has 0 fully saturated rings. The number of thioether (sulfide) groups is 1. The maximum Gasteiger partial charge on any atom is 0.0631 e. The second-order valence-corrected chi connectivity index (χ2v) is 5.54. The van der Waals surface area contributed by atoms with E-state index in [2.05, 4.69) is 19.1 Å². The molecule has 90 valence electrons. The van der Waals surface area contributed by atoms with Gasteiger partial charge in [-0.15, -0.1) is 11.8 Å². The third-order valence-corrected chi connectivity index (χ3v) is 4.14. The number of aliphatic hydroxyl groups excluding tert-OH is 1. The summed E-state index contributed by atoms with van der Waals surface area (Å²) in [5, 5.41) is 9.70. The maximum absolute atomic E-state index is 9.52. The third-order valence-electron chi connectivity index (χ3n) is 2.75. The summed E-state index contributed by atoms with van der Waals surface area (Å²) in [4.78, 5) is 1.19. The Kier molecular flexibility index (Phi) is 5.32. The fraction of sp³-hybridized carbons (Fsp3) is 0.538. The van der Waals surface area contributed by atoms with Crippen LogP contribution < -0.4 is 5.73 Å². The number of rotatable bonds is 5. The molecule has 1 rings (SSSR count). The molecule has 2 nitrogen and oxygen atoms in total. The maximum atomic E-state index is 9.52. The van der Waals surface area contributed by atoms with Gasteiger partial charge in [0.25, 0.3) is 0 Å². The van der Waals surface area contributed by atoms with Crippen molar-refractivity contribution in [1.82, 2.24) is 0 Å². The first-order chi connectivity index (χ1) is 7.56. The highest BCUT2D eigenvalue weighted by molar-refractivity contribution is 8.00. The van der Waals surface area contributed by atoms with Crippen LogP contribution in [0.4, 0.5) is 0 Å². The molecule has 0 radical (unpaired) electrons. The fourth-order valence-electron chi connectivity index (χ4n) is 1.41. The lowest BCUT2D eigenvalue weighted by Gasteiger charge is -2.19. The molecule has 0 saturated carbocycles. The van der Waals surface area contributed by atoms with Gasteiger partial charge in [0.15, 0.2) is 0 Å². The van der Waals surface area contributed by atoms with E-state index in [0.29, 0.717) is 0 Å². The van der Waals surface area contributed by atoms with Crippen molar-refractivity contribution >= 4 is 11.8 Å². The van der Waals surface area contributed by atoms with Crippen LogP contribution >= 0.6 is 11.8 Å². The summed E-state index contributed by atoms with van der Waals surface area (Å²) in [6, 6.07) is 8.27. The number of benzene rings is 1. The fourth-order valence-corrected chi connectivity index (χ4v) is 2.52. The zero-order valence-electron chi connectivity index (χ0n) is 10.2. The second-order valence-electron chi connectivity index (χ2n) is 4.12. The Morgan fingerprint density at radius 2 is 1.94 bits per heavy atom. The smallest absolute Gasteiger partial charge is 0.0631 e. The van der Waals surface area contributed by atoms with Gasteiger partial charge in [-0.2, -0.15) is 0 Å². The first-order valence-electron chi connectivity index (χ1n) is 5.75. The van der Waals surface area contributed by atoms with E-state index in [1.807, 2.05) is 26.0 Å². The van der Waals surface area contributed by atoms with Crippen molar-refractivity contribution in [1.29, 1.82) is 0 Å². The Morgan fingerprint density at radius 3 is 2.50 bits per heavy atom. The summed E-state index contributed by atoms with van der Waals surface area (Å²) in [7, 11) is 0. The van der Waals surface area contributed by atoms with E-state index in [1.54, 1.807) is 11.8 Å². The minimum absolute atomic E-state index is 0.0879. The lowest BCUT2D eigenvalue weighted by molar-refractivity contribution is 0.196. The van der Waals surface area contributed by atoms with Crippen LogP contribution in [0.3, 0.4) is 0 Å². The van der Waals surface area contributed by atoms with E-state index >= 15 is 0 Å². The lowest BCUT2D eigenvalue weighted by atomic mass is 10.1. The van der Waals surface area contributed by atoms with E-state index in [4.69, 9.17) is 5.73 Å². The summed E-state index contributed by atoms with van der Waals surface area (Å²) < 4.78 is 0. The molecule has 0 aromatic heterocycles. The molecular formula is C13H21NOS. The third kappa shape index (κ3) is 3.51. The Hall–Kier alpha value is -0.510. The standard InChI is InChI=1S/C13H21NOS/c1-4-12(14)11-7-5-6-8-13(11)16-10(3)9(2)15/h5-10,12,15H,4,14H2,1-3H3/t9?,10?,12-/m0/s1. The average Bonchev–Trinajstić information content (AvgIpc) is 2.28. The number of aliphatic hydroxyl groups is 1. The summed E-state index contributed by atoms with van der Waals surface area (Å²) in [6.45, 7) is 5.94. The van der Waals surface area contributed by atoms with Crippen molar-refractivity contribution in [3.8, 4) is 0 Å². The van der Waals surface area contributed by atoms with Crippen LogP contribution in [0.15, 0.2) is 29.2 Å². The van der Waals surface area contributed by atoms with Gasteiger partial charge in [0, 0.05) is 16.2 Å². The predicted octanol–water partition coefficient (Wildman–Crippen LogP) is 2.96. The highest BCUT2D eigenvalue weighted by Crippen LogP contribution is 2.31. The van der Waals surface area contributed by atoms with Crippen LogP contribution in [0.1, 0.15) is 38.8 Å². The molecular weight excluding hydrogens is 218 g/mol. The summed E-state index contributed by atoms with van der Waals surface area (Å²) >= 11 is 1.69. The zero-order chi connectivity index (χ0) is 12.1. The number of nitrogens with two attached hydrogens (primary N) is 1. The normalized spacial score (nSPS) is 16.8. The van der Waals surface area contributed by atoms with Crippen LogP contribution in [-0.2, 0) is 0 Å². The molecule has 0 aliphatic heterocycles. The highest BCUT2D eigenvalue weighted by atomic mass is 32.2. The van der Waals surface area contributed by atoms with Gasteiger partial charge in [-0.3, -0.25) is 0 Å². The average molecular weight is 239 g/mol. The molecule has 2 unspecified atom stereocenters. The largest absolute Gasteiger partial charge is 0.392 e. The van der Waals surface area contributed by atoms with Crippen molar-refractivity contribution in [2.75, 3.05) is 0 Å². The van der Waals surface area contributed by atoms with Crippen LogP contribution in [0.2, 0.25) is 0 Å². The molecule has 3 atom stereocenters. The predicted molar refractivity (Wildman–Crippen MR) is 70.7 cm³/mol. The molecule has 0 amide bonds. The molecule has 16 heavy (non-hydrogen) atoms. The molecule has 0 saturated heterocycles. The second kappa shape index (κ2) is 6.28. The van der Waals surface area contributed by atoms with Gasteiger partial charge < -0.3 is 10.8 Å². The van der Waals surface area contributed by atoms with E-state index in [1.165, 1.54) is 10.5 Å². The Balaban J connectivity index is 2.86. The molecule has 1 aromatic rings. The Morgan fingerprint density at radius 1 is 1.31 bits per heavy atom. The van der Waals surface area contributed by atoms with Gasteiger partial charge >= 0.3 is 0 Å². The van der Waals surface area contributed by atoms with Crippen molar-refractivity contribution in [3.05, 3.63) is 29.8 Å². The van der Waals surface area contributed by atoms with Crippen molar-refractivity contribution < 1.29 is 5.11 Å². The van der Waals surface area contributed by atoms with Gasteiger partial charge in [-0.05, 0) is 25.0 Å².